The lowest BCUT2D eigenvalue weighted by Gasteiger charge is -2.37. The number of ether oxygens (including phenoxy) is 1. The summed E-state index contributed by atoms with van der Waals surface area (Å²) in [5, 5.41) is 0. The van der Waals surface area contributed by atoms with E-state index < -0.39 is 34.6 Å². The first kappa shape index (κ1) is 20.8. The van der Waals surface area contributed by atoms with Gasteiger partial charge in [-0.1, -0.05) is 30.3 Å². The van der Waals surface area contributed by atoms with E-state index in [4.69, 9.17) is 11.2 Å². The lowest BCUT2D eigenvalue weighted by molar-refractivity contribution is 0.0266. The maximum Gasteiger partial charge on any atom is 0.108 e. The molecule has 0 saturated heterocycles. The predicted molar refractivity (Wildman–Crippen MR) is 98.5 cm³/mol. The average molecular weight is 354 g/mol. The molecule has 24 heavy (non-hydrogen) atoms. The number of hydrogen-bond donors (Lipinski definition) is 0. The largest absolute Gasteiger partial charge is 0.380 e. The van der Waals surface area contributed by atoms with E-state index in [0.29, 0.717) is 19.4 Å². The summed E-state index contributed by atoms with van der Waals surface area (Å²) in [5.74, 6) is 2.56. The van der Waals surface area contributed by atoms with Gasteiger partial charge in [0.25, 0.3) is 0 Å². The van der Waals surface area contributed by atoms with Crippen LogP contribution in [0.4, 0.5) is 4.39 Å². The van der Waals surface area contributed by atoms with Crippen LogP contribution >= 0.6 is 0 Å². The lowest BCUT2D eigenvalue weighted by Crippen LogP contribution is -2.50. The van der Waals surface area contributed by atoms with Gasteiger partial charge in [0.1, 0.15) is 17.7 Å². The van der Waals surface area contributed by atoms with E-state index >= 15 is 0 Å². The summed E-state index contributed by atoms with van der Waals surface area (Å²) in [6, 6.07) is 9.06. The van der Waals surface area contributed by atoms with E-state index in [1.165, 1.54) is 0 Å². The monoisotopic (exact) mass is 353 g/mol. The molecule has 1 aromatic rings. The van der Waals surface area contributed by atoms with Crippen LogP contribution in [0.3, 0.4) is 0 Å². The Kier molecular flexibility index (Phi) is 8.61. The van der Waals surface area contributed by atoms with Crippen LogP contribution in [0, 0.1) is 12.3 Å². The fourth-order valence-electron chi connectivity index (χ4n) is 2.47. The van der Waals surface area contributed by atoms with Gasteiger partial charge in [0.15, 0.2) is 0 Å². The Hall–Kier alpha value is -1.22. The molecule has 0 aliphatic heterocycles. The summed E-state index contributed by atoms with van der Waals surface area (Å²) in [4.78, 5) is 0. The van der Waals surface area contributed by atoms with Crippen molar-refractivity contribution in [1.29, 1.82) is 0 Å². The number of alkyl halides is 1. The van der Waals surface area contributed by atoms with Crippen molar-refractivity contribution >= 4 is 11.0 Å². The summed E-state index contributed by atoms with van der Waals surface area (Å²) in [7, 11) is 0.175. The predicted octanol–water partition coefficient (Wildman–Crippen LogP) is 3.72. The summed E-state index contributed by atoms with van der Waals surface area (Å²) in [5.41, 5.74) is 0.986. The molecule has 0 aliphatic rings. The van der Waals surface area contributed by atoms with Crippen molar-refractivity contribution in [2.24, 2.45) is 0 Å². The third-order valence-corrected chi connectivity index (χ3v) is 5.62. The molecule has 3 nitrogen and oxygen atoms in total. The normalized spacial score (nSPS) is 15.7. The van der Waals surface area contributed by atoms with Gasteiger partial charge in [-0.15, -0.1) is 12.3 Å². The molecule has 0 fully saturated rings. The fourth-order valence-corrected chi connectivity index (χ4v) is 3.88. The molecule has 0 N–H and O–H groups in total. The summed E-state index contributed by atoms with van der Waals surface area (Å²) in [6.45, 7) is 5.42. The molecular formula is C19H28FNO2S. The van der Waals surface area contributed by atoms with Gasteiger partial charge in [-0.05, 0) is 32.8 Å². The van der Waals surface area contributed by atoms with Crippen LogP contribution in [-0.4, -0.2) is 39.2 Å². The van der Waals surface area contributed by atoms with Gasteiger partial charge < -0.3 is 4.74 Å². The minimum absolute atomic E-state index is 0.398. The molecule has 0 bridgehead atoms. The smallest absolute Gasteiger partial charge is 0.108 e. The molecule has 1 rings (SSSR count). The average Bonchev–Trinajstić information content (AvgIpc) is 2.56. The number of benzene rings is 1. The van der Waals surface area contributed by atoms with Gasteiger partial charge in [-0.3, -0.25) is 0 Å². The highest BCUT2D eigenvalue weighted by molar-refractivity contribution is 7.84. The maximum absolute atomic E-state index is 13.9. The quantitative estimate of drug-likeness (QED) is 0.633. The molecule has 1 aromatic carbocycles. The Morgan fingerprint density at radius 3 is 2.42 bits per heavy atom. The van der Waals surface area contributed by atoms with Gasteiger partial charge >= 0.3 is 0 Å². The number of methoxy groups -OCH3 is 1. The van der Waals surface area contributed by atoms with E-state index in [2.05, 4.69) is 5.92 Å². The number of hydrogen-bond acceptors (Lipinski definition) is 2. The molecule has 0 aliphatic carbocycles. The summed E-state index contributed by atoms with van der Waals surface area (Å²) in [6.07, 6.45) is 5.96. The van der Waals surface area contributed by atoms with Crippen molar-refractivity contribution in [1.82, 2.24) is 4.31 Å². The Morgan fingerprint density at radius 1 is 1.33 bits per heavy atom. The summed E-state index contributed by atoms with van der Waals surface area (Å²) < 4.78 is 33.6. The third kappa shape index (κ3) is 6.01. The first-order valence-corrected chi connectivity index (χ1v) is 9.20. The van der Waals surface area contributed by atoms with E-state index in [0.717, 1.165) is 5.56 Å². The molecule has 0 heterocycles. The van der Waals surface area contributed by atoms with Crippen LogP contribution in [0.15, 0.2) is 30.3 Å². The molecule has 0 saturated carbocycles. The van der Waals surface area contributed by atoms with Crippen LogP contribution in [0.1, 0.15) is 39.2 Å². The molecule has 0 aromatic heterocycles. The van der Waals surface area contributed by atoms with E-state index in [1.54, 1.807) is 11.4 Å². The minimum Gasteiger partial charge on any atom is -0.380 e. The van der Waals surface area contributed by atoms with E-state index in [9.17, 15) is 8.60 Å². The second-order valence-corrected chi connectivity index (χ2v) is 8.85. The molecular weight excluding hydrogens is 325 g/mol. The number of halogens is 1. The molecule has 5 heteroatoms. The van der Waals surface area contributed by atoms with Crippen LogP contribution in [0.2, 0.25) is 0 Å². The second-order valence-electron chi connectivity index (χ2n) is 6.66. The maximum atomic E-state index is 13.9. The van der Waals surface area contributed by atoms with Crippen LogP contribution < -0.4 is 0 Å². The molecule has 1 unspecified atom stereocenters. The Morgan fingerprint density at radius 2 is 1.96 bits per heavy atom. The van der Waals surface area contributed by atoms with Crippen LogP contribution in [-0.2, 0) is 22.3 Å². The molecule has 134 valence electrons. The Labute approximate surface area is 148 Å². The van der Waals surface area contributed by atoms with Gasteiger partial charge in [0.05, 0.1) is 16.9 Å². The van der Waals surface area contributed by atoms with E-state index in [1.807, 2.05) is 51.1 Å². The highest BCUT2D eigenvalue weighted by Gasteiger charge is 2.36. The Bertz CT molecular complexity index is 551. The summed E-state index contributed by atoms with van der Waals surface area (Å²) >= 11 is 0. The van der Waals surface area contributed by atoms with Crippen molar-refractivity contribution in [3.8, 4) is 12.3 Å². The van der Waals surface area contributed by atoms with Crippen molar-refractivity contribution < 1.29 is 13.3 Å². The molecule has 0 amide bonds. The van der Waals surface area contributed by atoms with Crippen LogP contribution in [0.25, 0.3) is 0 Å². The van der Waals surface area contributed by atoms with E-state index in [-0.39, 0.29) is 0 Å². The fraction of sp³-hybridized carbons (Fsp3) is 0.579. The third-order valence-electron chi connectivity index (χ3n) is 3.75. The van der Waals surface area contributed by atoms with Gasteiger partial charge in [-0.25, -0.2) is 12.9 Å². The van der Waals surface area contributed by atoms with Crippen molar-refractivity contribution in [2.75, 3.05) is 13.8 Å². The highest BCUT2D eigenvalue weighted by Crippen LogP contribution is 2.25. The van der Waals surface area contributed by atoms with Gasteiger partial charge in [-0.2, -0.15) is 0 Å². The Balaban J connectivity index is 3.13. The first-order chi connectivity index (χ1) is 11.3. The number of terminal acetylenes is 1. The first-order valence-electron chi connectivity index (χ1n) is 8.10. The molecule has 0 radical (unpaired) electrons. The number of nitrogens with zero attached hydrogens (tertiary/aromatic N) is 1. The topological polar surface area (TPSA) is 29.5 Å². The van der Waals surface area contributed by atoms with Crippen molar-refractivity contribution in [3.05, 3.63) is 35.9 Å². The van der Waals surface area contributed by atoms with Crippen molar-refractivity contribution in [3.63, 3.8) is 0 Å². The zero-order valence-electron chi connectivity index (χ0n) is 15.0. The minimum atomic E-state index is -1.37. The van der Waals surface area contributed by atoms with Crippen molar-refractivity contribution in [2.45, 2.75) is 57.1 Å². The molecule has 0 spiro atoms. The molecule has 3 atom stereocenters. The van der Waals surface area contributed by atoms with Crippen LogP contribution in [0.5, 0.6) is 0 Å². The second kappa shape index (κ2) is 9.93. The van der Waals surface area contributed by atoms with Gasteiger partial charge in [0, 0.05) is 20.1 Å². The number of rotatable bonds is 9. The lowest BCUT2D eigenvalue weighted by atomic mass is 10.1. The standard InChI is InChI=1S/C19H28FNO2S/c1-6-7-13-18(23-5)17(14-20)21(24(22)19(2,3)4)15-16-11-9-8-10-12-16/h1,8-12,17-18H,7,13-15H2,2-5H3/t17-,18+,24?/m1/s1. The highest BCUT2D eigenvalue weighted by atomic mass is 32.2. The van der Waals surface area contributed by atoms with Gasteiger partial charge in [0.2, 0.25) is 0 Å². The SMILES string of the molecule is C#CCC[C@H](OC)[C@@H](CF)N(Cc1ccccc1)S(=O)C(C)(C)C. The zero-order chi connectivity index (χ0) is 18.2. The zero-order valence-corrected chi connectivity index (χ0v) is 15.8.